The van der Waals surface area contributed by atoms with Gasteiger partial charge in [-0.05, 0) is 66.8 Å². The molecular weight excluding hydrogens is 621 g/mol. The van der Waals surface area contributed by atoms with Gasteiger partial charge in [0.05, 0.1) is 24.3 Å². The van der Waals surface area contributed by atoms with Gasteiger partial charge in [-0.3, -0.25) is 4.79 Å². The van der Waals surface area contributed by atoms with Crippen molar-refractivity contribution in [1.29, 1.82) is 0 Å². The molecule has 0 amide bonds. The maximum atomic E-state index is 13.7. The minimum absolute atomic E-state index is 0.152. The summed E-state index contributed by atoms with van der Waals surface area (Å²) >= 11 is 0. The topological polar surface area (TPSA) is 102 Å². The maximum Gasteiger partial charge on any atom is 0.324 e. The first kappa shape index (κ1) is 33.2. The highest BCUT2D eigenvalue weighted by atomic mass is 32.2. The van der Waals surface area contributed by atoms with E-state index in [1.807, 2.05) is 67.0 Å². The van der Waals surface area contributed by atoms with Crippen LogP contribution in [0.15, 0.2) is 127 Å². The van der Waals surface area contributed by atoms with Gasteiger partial charge >= 0.3 is 5.97 Å². The molecule has 0 saturated heterocycles. The van der Waals surface area contributed by atoms with Crippen LogP contribution in [0.2, 0.25) is 0 Å². The Labute approximate surface area is 283 Å². The van der Waals surface area contributed by atoms with Gasteiger partial charge < -0.3 is 14.6 Å². The zero-order chi connectivity index (χ0) is 33.6. The summed E-state index contributed by atoms with van der Waals surface area (Å²) < 4.78 is 37.5. The highest BCUT2D eigenvalue weighted by molar-refractivity contribution is 7.89. The van der Waals surface area contributed by atoms with Crippen molar-refractivity contribution in [3.63, 3.8) is 0 Å². The lowest BCUT2D eigenvalue weighted by atomic mass is 9.77. The van der Waals surface area contributed by atoms with Crippen molar-refractivity contribution in [2.24, 2.45) is 5.92 Å². The zero-order valence-electron chi connectivity index (χ0n) is 27.4. The molecule has 0 spiro atoms. The first-order chi connectivity index (χ1) is 23.3. The predicted molar refractivity (Wildman–Crippen MR) is 188 cm³/mol. The van der Waals surface area contributed by atoms with E-state index in [4.69, 9.17) is 9.72 Å². The van der Waals surface area contributed by atoms with E-state index in [1.165, 1.54) is 0 Å². The number of imidazole rings is 1. The molecule has 0 aliphatic carbocycles. The normalized spacial score (nSPS) is 15.2. The van der Waals surface area contributed by atoms with Gasteiger partial charge in [0.2, 0.25) is 10.0 Å². The SMILES string of the molecule is CCOC(=O)[C@H](CCCc1cn(C(c2ccccc2)(c2ccccc2)c2ccccc2)cn1)NS(=O)(=O)c1cccc2c1NCC(C)C2. The first-order valence-corrected chi connectivity index (χ1v) is 18.1. The van der Waals surface area contributed by atoms with E-state index in [0.29, 0.717) is 31.0 Å². The van der Waals surface area contributed by atoms with Crippen LogP contribution in [0.25, 0.3) is 0 Å². The third kappa shape index (κ3) is 6.79. The summed E-state index contributed by atoms with van der Waals surface area (Å²) in [4.78, 5) is 18.0. The van der Waals surface area contributed by atoms with Crippen LogP contribution in [-0.4, -0.2) is 43.1 Å². The molecule has 1 aliphatic heterocycles. The number of carbonyl (C=O) groups is 1. The summed E-state index contributed by atoms with van der Waals surface area (Å²) in [6.07, 6.45) is 6.02. The second kappa shape index (κ2) is 14.6. The molecule has 0 fully saturated rings. The molecule has 0 saturated carbocycles. The molecule has 2 heterocycles. The van der Waals surface area contributed by atoms with Gasteiger partial charge in [-0.25, -0.2) is 13.4 Å². The Kier molecular flexibility index (Phi) is 10.1. The third-order valence-electron chi connectivity index (χ3n) is 8.99. The number of sulfonamides is 1. The first-order valence-electron chi connectivity index (χ1n) is 16.6. The van der Waals surface area contributed by atoms with Crippen molar-refractivity contribution < 1.29 is 17.9 Å². The summed E-state index contributed by atoms with van der Waals surface area (Å²) in [5, 5.41) is 3.28. The lowest BCUT2D eigenvalue weighted by Gasteiger charge is -2.37. The van der Waals surface area contributed by atoms with Gasteiger partial charge in [0, 0.05) is 12.7 Å². The van der Waals surface area contributed by atoms with Crippen LogP contribution in [0.4, 0.5) is 5.69 Å². The van der Waals surface area contributed by atoms with Crippen molar-refractivity contribution in [2.75, 3.05) is 18.5 Å². The van der Waals surface area contributed by atoms with Gasteiger partial charge in [0.15, 0.2) is 0 Å². The number of hydrogen-bond donors (Lipinski definition) is 2. The summed E-state index contributed by atoms with van der Waals surface area (Å²) in [6.45, 7) is 4.68. The number of nitrogens with zero attached hydrogens (tertiary/aromatic N) is 2. The Hall–Kier alpha value is -4.73. The fraction of sp³-hybridized carbons (Fsp3) is 0.282. The Balaban J connectivity index is 1.26. The lowest BCUT2D eigenvalue weighted by molar-refractivity contribution is -0.145. The fourth-order valence-corrected chi connectivity index (χ4v) is 8.21. The number of rotatable bonds is 13. The van der Waals surface area contributed by atoms with Crippen molar-refractivity contribution in [3.8, 4) is 0 Å². The maximum absolute atomic E-state index is 13.7. The van der Waals surface area contributed by atoms with Gasteiger partial charge in [0.1, 0.15) is 16.5 Å². The standard InChI is InChI=1S/C39H42N4O4S/c1-3-47-38(44)35(42-48(45,46)36-24-13-15-30-25-29(2)26-40-37(30)36)23-14-22-34-27-43(28-41-34)39(31-16-7-4-8-17-31,32-18-9-5-10-19-32)33-20-11-6-12-21-33/h4-13,15-21,24,27-29,35,40,42H,3,14,22-23,25-26H2,1-2H3/t29?,35-/m0/s1. The molecule has 0 bridgehead atoms. The number of para-hydroxylation sites is 1. The average Bonchev–Trinajstić information content (AvgIpc) is 3.58. The number of nitrogens with one attached hydrogen (secondary N) is 2. The molecule has 1 aliphatic rings. The van der Waals surface area contributed by atoms with Crippen LogP contribution < -0.4 is 10.0 Å². The lowest BCUT2D eigenvalue weighted by Crippen LogP contribution is -2.42. The number of aromatic nitrogens is 2. The number of hydrogen-bond acceptors (Lipinski definition) is 6. The zero-order valence-corrected chi connectivity index (χ0v) is 28.2. The largest absolute Gasteiger partial charge is 0.465 e. The van der Waals surface area contributed by atoms with E-state index < -0.39 is 27.6 Å². The number of ether oxygens (including phenoxy) is 1. The number of fused-ring (bicyclic) bond motifs is 1. The molecular formula is C39H42N4O4S. The highest BCUT2D eigenvalue weighted by Gasteiger charge is 2.38. The molecule has 8 nitrogen and oxygen atoms in total. The number of carbonyl (C=O) groups excluding carboxylic acids is 1. The van der Waals surface area contributed by atoms with Gasteiger partial charge in [-0.15, -0.1) is 0 Å². The molecule has 48 heavy (non-hydrogen) atoms. The summed E-state index contributed by atoms with van der Waals surface area (Å²) in [6, 6.07) is 35.4. The van der Waals surface area contributed by atoms with Crippen LogP contribution in [0, 0.1) is 5.92 Å². The number of anilines is 1. The average molecular weight is 663 g/mol. The molecule has 2 N–H and O–H groups in total. The predicted octanol–water partition coefficient (Wildman–Crippen LogP) is 6.56. The van der Waals surface area contributed by atoms with Crippen LogP contribution in [0.5, 0.6) is 0 Å². The van der Waals surface area contributed by atoms with Crippen molar-refractivity contribution in [3.05, 3.63) is 150 Å². The van der Waals surface area contributed by atoms with Crippen LogP contribution in [0.1, 0.15) is 54.6 Å². The molecule has 1 unspecified atom stereocenters. The smallest absolute Gasteiger partial charge is 0.324 e. The molecule has 4 aromatic carbocycles. The van der Waals surface area contributed by atoms with E-state index in [0.717, 1.165) is 34.4 Å². The van der Waals surface area contributed by atoms with Crippen molar-refractivity contribution in [2.45, 2.75) is 56.0 Å². The van der Waals surface area contributed by atoms with Crippen molar-refractivity contribution in [1.82, 2.24) is 14.3 Å². The van der Waals surface area contributed by atoms with E-state index in [1.54, 1.807) is 19.1 Å². The molecule has 0 radical (unpaired) electrons. The van der Waals surface area contributed by atoms with Crippen LogP contribution >= 0.6 is 0 Å². The summed E-state index contributed by atoms with van der Waals surface area (Å²) in [7, 11) is -4.02. The molecule has 248 valence electrons. The minimum atomic E-state index is -4.02. The molecule has 5 aromatic rings. The van der Waals surface area contributed by atoms with E-state index in [9.17, 15) is 13.2 Å². The monoisotopic (exact) mass is 662 g/mol. The van der Waals surface area contributed by atoms with E-state index in [-0.39, 0.29) is 17.9 Å². The second-order valence-electron chi connectivity index (χ2n) is 12.4. The van der Waals surface area contributed by atoms with Crippen LogP contribution in [-0.2, 0) is 37.9 Å². The highest BCUT2D eigenvalue weighted by Crippen LogP contribution is 2.41. The third-order valence-corrected chi connectivity index (χ3v) is 10.5. The summed E-state index contributed by atoms with van der Waals surface area (Å²) in [5.41, 5.74) is 5.00. The Bertz CT molecular complexity index is 1830. The number of benzene rings is 4. The Morgan fingerprint density at radius 2 is 1.54 bits per heavy atom. The second-order valence-corrected chi connectivity index (χ2v) is 14.1. The van der Waals surface area contributed by atoms with E-state index in [2.05, 4.69) is 64.1 Å². The fourth-order valence-electron chi connectivity index (χ4n) is 6.76. The van der Waals surface area contributed by atoms with Gasteiger partial charge in [-0.2, -0.15) is 4.72 Å². The van der Waals surface area contributed by atoms with Gasteiger partial charge in [0.25, 0.3) is 0 Å². The van der Waals surface area contributed by atoms with Crippen molar-refractivity contribution >= 4 is 21.7 Å². The van der Waals surface area contributed by atoms with E-state index >= 15 is 0 Å². The number of esters is 1. The van der Waals surface area contributed by atoms with Gasteiger partial charge in [-0.1, -0.05) is 110 Å². The Morgan fingerprint density at radius 3 is 2.12 bits per heavy atom. The summed E-state index contributed by atoms with van der Waals surface area (Å²) in [5.74, 6) is -0.188. The van der Waals surface area contributed by atoms with Crippen LogP contribution in [0.3, 0.4) is 0 Å². The Morgan fingerprint density at radius 1 is 0.938 bits per heavy atom. The molecule has 6 rings (SSSR count). The quantitative estimate of drug-likeness (QED) is 0.109. The molecule has 2 atom stereocenters. The minimum Gasteiger partial charge on any atom is -0.465 e. The molecule has 1 aromatic heterocycles. The molecule has 9 heteroatoms. The number of aryl methyl sites for hydroxylation is 1.